The van der Waals surface area contributed by atoms with E-state index in [1.165, 1.54) is 23.6 Å². The van der Waals surface area contributed by atoms with Crippen molar-refractivity contribution >= 4 is 16.7 Å². The third kappa shape index (κ3) is 4.93. The first-order chi connectivity index (χ1) is 11.9. The largest absolute Gasteiger partial charge is 0.381 e. The fraction of sp³-hybridized carbons (Fsp3) is 0.474. The first-order valence-electron chi connectivity index (χ1n) is 8.71. The molecule has 0 saturated heterocycles. The van der Waals surface area contributed by atoms with Crippen molar-refractivity contribution < 1.29 is 4.74 Å². The quantitative estimate of drug-likeness (QED) is 0.445. The van der Waals surface area contributed by atoms with Crippen molar-refractivity contribution in [2.75, 3.05) is 26.8 Å². The van der Waals surface area contributed by atoms with E-state index in [0.29, 0.717) is 6.54 Å². The third-order valence-electron chi connectivity index (χ3n) is 4.21. The van der Waals surface area contributed by atoms with Gasteiger partial charge in [-0.15, -0.1) is 0 Å². The normalized spacial score (nSPS) is 14.8. The number of ether oxygens (including phenoxy) is 1. The zero-order valence-corrected chi connectivity index (χ0v) is 14.3. The Morgan fingerprint density at radius 2 is 2.12 bits per heavy atom. The second kappa shape index (κ2) is 8.64. The molecule has 128 valence electrons. The molecule has 1 aliphatic carbocycles. The van der Waals surface area contributed by atoms with Crippen molar-refractivity contribution in [3.05, 3.63) is 42.2 Å². The first-order valence-corrected chi connectivity index (χ1v) is 8.71. The van der Waals surface area contributed by atoms with E-state index >= 15 is 0 Å². The standard InChI is InChI=1S/C19H26N4O/c1-20-19(22-10-4-12-24-14-15-7-8-15)23-13-18-17-6-3-2-5-16(17)9-11-21-18/h2-3,5-6,9,11,15H,4,7-8,10,12-14H2,1H3,(H2,20,22,23). The van der Waals surface area contributed by atoms with Crippen LogP contribution in [0.25, 0.3) is 10.8 Å². The molecule has 0 unspecified atom stereocenters. The van der Waals surface area contributed by atoms with Crippen LogP contribution in [0, 0.1) is 5.92 Å². The average Bonchev–Trinajstić information content (AvgIpc) is 3.45. The molecule has 0 aliphatic heterocycles. The molecule has 2 N–H and O–H groups in total. The van der Waals surface area contributed by atoms with Crippen molar-refractivity contribution in [2.24, 2.45) is 10.9 Å². The molecule has 0 amide bonds. The Balaban J connectivity index is 1.41. The number of aromatic nitrogens is 1. The number of aliphatic imine (C=N–C) groups is 1. The smallest absolute Gasteiger partial charge is 0.191 e. The van der Waals surface area contributed by atoms with E-state index in [1.807, 2.05) is 24.4 Å². The number of nitrogens with one attached hydrogen (secondary N) is 2. The topological polar surface area (TPSA) is 58.5 Å². The Morgan fingerprint density at radius 3 is 2.96 bits per heavy atom. The lowest BCUT2D eigenvalue weighted by molar-refractivity contribution is 0.123. The van der Waals surface area contributed by atoms with E-state index in [1.54, 1.807) is 7.05 Å². The number of hydrogen-bond acceptors (Lipinski definition) is 3. The maximum Gasteiger partial charge on any atom is 0.191 e. The first kappa shape index (κ1) is 16.7. The summed E-state index contributed by atoms with van der Waals surface area (Å²) in [6, 6.07) is 10.3. The zero-order valence-electron chi connectivity index (χ0n) is 14.3. The summed E-state index contributed by atoms with van der Waals surface area (Å²) in [7, 11) is 1.79. The molecule has 0 bridgehead atoms. The molecule has 3 rings (SSSR count). The fourth-order valence-electron chi connectivity index (χ4n) is 2.63. The second-order valence-corrected chi connectivity index (χ2v) is 6.20. The van der Waals surface area contributed by atoms with Crippen molar-refractivity contribution in [2.45, 2.75) is 25.8 Å². The van der Waals surface area contributed by atoms with Crippen molar-refractivity contribution in [1.82, 2.24) is 15.6 Å². The Kier molecular flexibility index (Phi) is 6.01. The van der Waals surface area contributed by atoms with Gasteiger partial charge in [-0.3, -0.25) is 9.98 Å². The molecule has 0 atom stereocenters. The highest BCUT2D eigenvalue weighted by molar-refractivity contribution is 5.85. The van der Waals surface area contributed by atoms with Crippen LogP contribution in [0.1, 0.15) is 25.0 Å². The van der Waals surface area contributed by atoms with E-state index < -0.39 is 0 Å². The molecule has 1 aromatic heterocycles. The lowest BCUT2D eigenvalue weighted by atomic mass is 10.1. The lowest BCUT2D eigenvalue weighted by Gasteiger charge is -2.12. The van der Waals surface area contributed by atoms with Gasteiger partial charge in [0.25, 0.3) is 0 Å². The Bertz CT molecular complexity index is 677. The Hall–Kier alpha value is -2.14. The predicted molar refractivity (Wildman–Crippen MR) is 98.1 cm³/mol. The van der Waals surface area contributed by atoms with Gasteiger partial charge in [0.15, 0.2) is 5.96 Å². The van der Waals surface area contributed by atoms with Gasteiger partial charge in [0.2, 0.25) is 0 Å². The molecule has 24 heavy (non-hydrogen) atoms. The van der Waals surface area contributed by atoms with Gasteiger partial charge in [0.1, 0.15) is 0 Å². The molecular formula is C19H26N4O. The summed E-state index contributed by atoms with van der Waals surface area (Å²) in [5.41, 5.74) is 1.03. The molecule has 5 heteroatoms. The summed E-state index contributed by atoms with van der Waals surface area (Å²) >= 11 is 0. The highest BCUT2D eigenvalue weighted by Crippen LogP contribution is 2.28. The molecule has 0 radical (unpaired) electrons. The van der Waals surface area contributed by atoms with Crippen LogP contribution in [0.3, 0.4) is 0 Å². The van der Waals surface area contributed by atoms with Crippen LogP contribution >= 0.6 is 0 Å². The number of pyridine rings is 1. The number of nitrogens with zero attached hydrogens (tertiary/aromatic N) is 2. The molecule has 1 fully saturated rings. The predicted octanol–water partition coefficient (Wildman–Crippen LogP) is 2.72. The minimum absolute atomic E-state index is 0.652. The molecule has 1 aromatic carbocycles. The van der Waals surface area contributed by atoms with Crippen molar-refractivity contribution in [3.63, 3.8) is 0 Å². The fourth-order valence-corrected chi connectivity index (χ4v) is 2.63. The number of rotatable bonds is 8. The maximum atomic E-state index is 5.64. The summed E-state index contributed by atoms with van der Waals surface area (Å²) in [6.07, 6.45) is 5.53. The summed E-state index contributed by atoms with van der Waals surface area (Å²) < 4.78 is 5.64. The van der Waals surface area contributed by atoms with Gasteiger partial charge in [-0.2, -0.15) is 0 Å². The summed E-state index contributed by atoms with van der Waals surface area (Å²) in [6.45, 7) is 3.25. The summed E-state index contributed by atoms with van der Waals surface area (Å²) in [5.74, 6) is 1.63. The van der Waals surface area contributed by atoms with E-state index in [2.05, 4.69) is 32.7 Å². The Morgan fingerprint density at radius 1 is 1.25 bits per heavy atom. The van der Waals surface area contributed by atoms with Crippen LogP contribution in [0.4, 0.5) is 0 Å². The number of fused-ring (bicyclic) bond motifs is 1. The van der Waals surface area contributed by atoms with Gasteiger partial charge in [-0.05, 0) is 36.6 Å². The lowest BCUT2D eigenvalue weighted by Crippen LogP contribution is -2.37. The van der Waals surface area contributed by atoms with Gasteiger partial charge in [0, 0.05) is 38.4 Å². The second-order valence-electron chi connectivity index (χ2n) is 6.20. The van der Waals surface area contributed by atoms with E-state index in [4.69, 9.17) is 4.74 Å². The summed E-state index contributed by atoms with van der Waals surface area (Å²) in [5, 5.41) is 9.04. The number of benzene rings is 1. The van der Waals surface area contributed by atoms with Crippen LogP contribution < -0.4 is 10.6 Å². The molecular weight excluding hydrogens is 300 g/mol. The van der Waals surface area contributed by atoms with Gasteiger partial charge in [0.05, 0.1) is 12.2 Å². The minimum atomic E-state index is 0.652. The van der Waals surface area contributed by atoms with Crippen LogP contribution in [-0.2, 0) is 11.3 Å². The van der Waals surface area contributed by atoms with Gasteiger partial charge < -0.3 is 15.4 Å². The molecule has 0 spiro atoms. The van der Waals surface area contributed by atoms with E-state index in [9.17, 15) is 0 Å². The van der Waals surface area contributed by atoms with Crippen molar-refractivity contribution in [1.29, 1.82) is 0 Å². The Labute approximate surface area is 143 Å². The third-order valence-corrected chi connectivity index (χ3v) is 4.21. The number of hydrogen-bond donors (Lipinski definition) is 2. The molecule has 2 aromatic rings. The minimum Gasteiger partial charge on any atom is -0.381 e. The highest BCUT2D eigenvalue weighted by Gasteiger charge is 2.20. The van der Waals surface area contributed by atoms with Crippen LogP contribution in [0.15, 0.2) is 41.5 Å². The van der Waals surface area contributed by atoms with Crippen molar-refractivity contribution in [3.8, 4) is 0 Å². The van der Waals surface area contributed by atoms with E-state index in [-0.39, 0.29) is 0 Å². The zero-order chi connectivity index (χ0) is 16.6. The molecule has 1 heterocycles. The molecule has 1 saturated carbocycles. The van der Waals surface area contributed by atoms with Crippen LogP contribution in [0.5, 0.6) is 0 Å². The van der Waals surface area contributed by atoms with Crippen LogP contribution in [-0.4, -0.2) is 37.7 Å². The van der Waals surface area contributed by atoms with Crippen LogP contribution in [0.2, 0.25) is 0 Å². The number of guanidine groups is 1. The molecule has 5 nitrogen and oxygen atoms in total. The monoisotopic (exact) mass is 326 g/mol. The average molecular weight is 326 g/mol. The van der Waals surface area contributed by atoms with E-state index in [0.717, 1.165) is 43.8 Å². The highest BCUT2D eigenvalue weighted by atomic mass is 16.5. The maximum absolute atomic E-state index is 5.64. The summed E-state index contributed by atoms with van der Waals surface area (Å²) in [4.78, 5) is 8.76. The van der Waals surface area contributed by atoms with Gasteiger partial charge in [-0.25, -0.2) is 0 Å². The SMILES string of the molecule is CN=C(NCCCOCC1CC1)NCc1nccc2ccccc12. The molecule has 1 aliphatic rings. The van der Waals surface area contributed by atoms with Gasteiger partial charge >= 0.3 is 0 Å². The van der Waals surface area contributed by atoms with Gasteiger partial charge in [-0.1, -0.05) is 24.3 Å².